The summed E-state index contributed by atoms with van der Waals surface area (Å²) in [6.45, 7) is 0. The molecule has 0 saturated heterocycles. The second-order valence-electron chi connectivity index (χ2n) is 5.56. The van der Waals surface area contributed by atoms with Gasteiger partial charge >= 0.3 is 6.18 Å². The number of amides is 1. The molecule has 0 aliphatic heterocycles. The highest BCUT2D eigenvalue weighted by Crippen LogP contribution is 2.35. The number of aromatic nitrogens is 3. The van der Waals surface area contributed by atoms with Crippen molar-refractivity contribution >= 4 is 23.2 Å². The lowest BCUT2D eigenvalue weighted by Gasteiger charge is -2.14. The van der Waals surface area contributed by atoms with E-state index in [0.29, 0.717) is 18.0 Å². The first kappa shape index (κ1) is 20.3. The molecular formula is C18H12ClF3N4O3. The highest BCUT2D eigenvalue weighted by molar-refractivity contribution is 6.32. The molecule has 0 unspecified atom stereocenters. The molecule has 2 aromatic heterocycles. The maximum Gasteiger partial charge on any atom is 0.417 e. The third kappa shape index (κ3) is 4.91. The lowest BCUT2D eigenvalue weighted by atomic mass is 10.1. The number of carbonyl (C=O) groups is 1. The van der Waals surface area contributed by atoms with Crippen LogP contribution in [0.5, 0.6) is 17.4 Å². The van der Waals surface area contributed by atoms with Crippen LogP contribution in [0, 0.1) is 0 Å². The summed E-state index contributed by atoms with van der Waals surface area (Å²) >= 11 is 6.10. The van der Waals surface area contributed by atoms with Gasteiger partial charge in [-0.2, -0.15) is 23.4 Å². The molecular weight excluding hydrogens is 413 g/mol. The molecule has 0 fully saturated rings. The van der Waals surface area contributed by atoms with Crippen molar-refractivity contribution in [3.05, 3.63) is 65.1 Å². The Balaban J connectivity index is 1.98. The van der Waals surface area contributed by atoms with Gasteiger partial charge in [0.2, 0.25) is 5.88 Å². The molecule has 0 spiro atoms. The van der Waals surface area contributed by atoms with Gasteiger partial charge < -0.3 is 14.8 Å². The zero-order valence-electron chi connectivity index (χ0n) is 14.7. The largest absolute Gasteiger partial charge is 0.497 e. The van der Waals surface area contributed by atoms with E-state index in [0.717, 1.165) is 0 Å². The van der Waals surface area contributed by atoms with Gasteiger partial charge in [0.25, 0.3) is 5.91 Å². The zero-order valence-corrected chi connectivity index (χ0v) is 15.5. The van der Waals surface area contributed by atoms with Gasteiger partial charge in [0.1, 0.15) is 17.1 Å². The summed E-state index contributed by atoms with van der Waals surface area (Å²) in [5.41, 5.74) is -1.32. The number of rotatable bonds is 5. The third-order valence-corrected chi connectivity index (χ3v) is 3.91. The first-order chi connectivity index (χ1) is 13.8. The smallest absolute Gasteiger partial charge is 0.417 e. The molecule has 0 aliphatic carbocycles. The average Bonchev–Trinajstić information content (AvgIpc) is 2.69. The number of methoxy groups -OCH3 is 1. The number of carbonyl (C=O) groups excluding carboxylic acids is 1. The van der Waals surface area contributed by atoms with Gasteiger partial charge in [-0.1, -0.05) is 11.6 Å². The molecule has 0 radical (unpaired) electrons. The zero-order chi connectivity index (χ0) is 21.0. The van der Waals surface area contributed by atoms with Crippen LogP contribution >= 0.6 is 11.6 Å². The van der Waals surface area contributed by atoms with Crippen molar-refractivity contribution in [2.45, 2.75) is 6.18 Å². The second kappa shape index (κ2) is 8.31. The minimum absolute atomic E-state index is 0.0827. The van der Waals surface area contributed by atoms with E-state index >= 15 is 0 Å². The van der Waals surface area contributed by atoms with Gasteiger partial charge in [0.05, 0.1) is 35.8 Å². The summed E-state index contributed by atoms with van der Waals surface area (Å²) in [6, 6.07) is 6.49. The normalized spacial score (nSPS) is 11.1. The van der Waals surface area contributed by atoms with E-state index in [-0.39, 0.29) is 22.3 Å². The first-order valence-corrected chi connectivity index (χ1v) is 8.32. The van der Waals surface area contributed by atoms with Crippen LogP contribution in [0.15, 0.2) is 48.9 Å². The number of nitrogens with one attached hydrogen (secondary N) is 1. The van der Waals surface area contributed by atoms with E-state index in [9.17, 15) is 18.0 Å². The summed E-state index contributed by atoms with van der Waals surface area (Å²) in [5.74, 6) is -0.703. The maximum atomic E-state index is 13.1. The fourth-order valence-corrected chi connectivity index (χ4v) is 2.42. The fraction of sp³-hybridized carbons (Fsp3) is 0.111. The summed E-state index contributed by atoms with van der Waals surface area (Å²) in [4.78, 5) is 16.3. The maximum absolute atomic E-state index is 13.1. The number of ether oxygens (including phenoxy) is 2. The molecule has 0 aliphatic rings. The van der Waals surface area contributed by atoms with Crippen molar-refractivity contribution in [2.75, 3.05) is 12.4 Å². The van der Waals surface area contributed by atoms with Crippen LogP contribution < -0.4 is 14.8 Å². The Bertz CT molecular complexity index is 1030. The number of nitrogens with zero attached hydrogens (tertiary/aromatic N) is 3. The van der Waals surface area contributed by atoms with Gasteiger partial charge in [0, 0.05) is 12.3 Å². The molecule has 0 bridgehead atoms. The second-order valence-corrected chi connectivity index (χ2v) is 5.97. The molecule has 11 heteroatoms. The minimum Gasteiger partial charge on any atom is -0.497 e. The van der Waals surface area contributed by atoms with Gasteiger partial charge in [-0.25, -0.2) is 4.98 Å². The van der Waals surface area contributed by atoms with E-state index in [2.05, 4.69) is 20.5 Å². The molecule has 1 aromatic carbocycles. The molecule has 0 atom stereocenters. The highest BCUT2D eigenvalue weighted by Gasteiger charge is 2.33. The van der Waals surface area contributed by atoms with Crippen LogP contribution in [0.3, 0.4) is 0 Å². The SMILES string of the molecule is COc1ccc(Oc2ncc(C(F)(F)F)cc2C(=O)Nc2ccnnc2)c(Cl)c1. The van der Waals surface area contributed by atoms with E-state index in [1.54, 1.807) is 0 Å². The van der Waals surface area contributed by atoms with Crippen molar-refractivity contribution in [3.8, 4) is 17.4 Å². The van der Waals surface area contributed by atoms with E-state index < -0.39 is 23.2 Å². The van der Waals surface area contributed by atoms with Crippen molar-refractivity contribution in [1.82, 2.24) is 15.2 Å². The number of hydrogen-bond acceptors (Lipinski definition) is 6. The quantitative estimate of drug-likeness (QED) is 0.644. The number of pyridine rings is 1. The van der Waals surface area contributed by atoms with Crippen molar-refractivity contribution < 1.29 is 27.4 Å². The highest BCUT2D eigenvalue weighted by atomic mass is 35.5. The number of hydrogen-bond donors (Lipinski definition) is 1. The molecule has 7 nitrogen and oxygen atoms in total. The minimum atomic E-state index is -4.70. The topological polar surface area (TPSA) is 86.2 Å². The Morgan fingerprint density at radius 3 is 2.55 bits per heavy atom. The van der Waals surface area contributed by atoms with Gasteiger partial charge in [-0.3, -0.25) is 4.79 Å². The number of benzene rings is 1. The lowest BCUT2D eigenvalue weighted by Crippen LogP contribution is -2.16. The van der Waals surface area contributed by atoms with Crippen LogP contribution in [0.1, 0.15) is 15.9 Å². The number of alkyl halides is 3. The van der Waals surface area contributed by atoms with Gasteiger partial charge in [-0.15, -0.1) is 0 Å². The van der Waals surface area contributed by atoms with E-state index in [1.807, 2.05) is 0 Å². The van der Waals surface area contributed by atoms with E-state index in [4.69, 9.17) is 21.1 Å². The Labute approximate surface area is 167 Å². The van der Waals surface area contributed by atoms with Crippen LogP contribution in [0.2, 0.25) is 5.02 Å². The third-order valence-electron chi connectivity index (χ3n) is 3.61. The fourth-order valence-electron chi connectivity index (χ4n) is 2.21. The summed E-state index contributed by atoms with van der Waals surface area (Å²) < 4.78 is 49.8. The average molecular weight is 425 g/mol. The Hall–Kier alpha value is -3.40. The van der Waals surface area contributed by atoms with Crippen molar-refractivity contribution in [1.29, 1.82) is 0 Å². The van der Waals surface area contributed by atoms with Gasteiger partial charge in [0.15, 0.2) is 0 Å². The standard InChI is InChI=1S/C18H12ClF3N4O3/c1-28-12-2-3-15(14(19)7-12)29-17-13(6-10(8-23-17)18(20,21)22)16(27)26-11-4-5-24-25-9-11/h2-9H,1H3,(H,24,26,27). The van der Waals surface area contributed by atoms with Crippen LogP contribution in [-0.2, 0) is 6.18 Å². The Kier molecular flexibility index (Phi) is 5.83. The Morgan fingerprint density at radius 2 is 1.93 bits per heavy atom. The predicted octanol–water partition coefficient (Wildman–Crippen LogP) is 4.60. The van der Waals surface area contributed by atoms with Crippen LogP contribution in [0.4, 0.5) is 18.9 Å². The van der Waals surface area contributed by atoms with Crippen molar-refractivity contribution in [3.63, 3.8) is 0 Å². The van der Waals surface area contributed by atoms with Crippen molar-refractivity contribution in [2.24, 2.45) is 0 Å². The Morgan fingerprint density at radius 1 is 1.14 bits per heavy atom. The molecule has 29 heavy (non-hydrogen) atoms. The summed E-state index contributed by atoms with van der Waals surface area (Å²) in [7, 11) is 1.44. The molecule has 150 valence electrons. The molecule has 3 rings (SSSR count). The van der Waals surface area contributed by atoms with E-state index in [1.165, 1.54) is 43.8 Å². The molecule has 3 aromatic rings. The lowest BCUT2D eigenvalue weighted by molar-refractivity contribution is -0.137. The number of anilines is 1. The molecule has 2 heterocycles. The summed E-state index contributed by atoms with van der Waals surface area (Å²) in [6.07, 6.45) is -1.58. The molecule has 0 saturated carbocycles. The first-order valence-electron chi connectivity index (χ1n) is 7.94. The van der Waals surface area contributed by atoms with Crippen LogP contribution in [-0.4, -0.2) is 28.2 Å². The van der Waals surface area contributed by atoms with Gasteiger partial charge in [-0.05, 0) is 24.3 Å². The summed E-state index contributed by atoms with van der Waals surface area (Å²) in [5, 5.41) is 9.68. The number of halogens is 4. The molecule has 1 amide bonds. The predicted molar refractivity (Wildman–Crippen MR) is 97.3 cm³/mol. The monoisotopic (exact) mass is 424 g/mol. The molecule has 1 N–H and O–H groups in total. The van der Waals surface area contributed by atoms with Crippen LogP contribution in [0.25, 0.3) is 0 Å².